The Hall–Kier alpha value is -3.83. The number of amides is 1. The molecule has 222 valence electrons. The summed E-state index contributed by atoms with van der Waals surface area (Å²) in [6.45, 7) is 4.83. The first kappa shape index (κ1) is 29.7. The molecule has 1 aromatic heterocycles. The minimum Gasteiger partial charge on any atom is -0.454 e. The van der Waals surface area contributed by atoms with Crippen molar-refractivity contribution in [2.24, 2.45) is 5.92 Å². The van der Waals surface area contributed by atoms with E-state index in [4.69, 9.17) is 4.74 Å². The highest BCUT2D eigenvalue weighted by Crippen LogP contribution is 2.34. The van der Waals surface area contributed by atoms with Gasteiger partial charge in [0.05, 0.1) is 5.56 Å². The third kappa shape index (κ3) is 7.71. The van der Waals surface area contributed by atoms with Crippen LogP contribution in [0, 0.1) is 11.7 Å². The molecular weight excluding hydrogens is 552 g/mol. The number of halogens is 4. The van der Waals surface area contributed by atoms with E-state index >= 15 is 0 Å². The van der Waals surface area contributed by atoms with Crippen molar-refractivity contribution in [2.45, 2.75) is 44.8 Å². The number of alkyl halides is 3. The zero-order chi connectivity index (χ0) is 29.9. The van der Waals surface area contributed by atoms with Crippen molar-refractivity contribution in [3.8, 4) is 11.5 Å². The molecule has 1 aliphatic heterocycles. The molecule has 7 nitrogen and oxygen atoms in total. The number of anilines is 1. The van der Waals surface area contributed by atoms with Crippen LogP contribution in [0.15, 0.2) is 54.7 Å². The first-order valence-electron chi connectivity index (χ1n) is 14.0. The zero-order valence-electron chi connectivity index (χ0n) is 23.1. The molecule has 1 amide bonds. The molecule has 0 spiro atoms. The lowest BCUT2D eigenvalue weighted by atomic mass is 9.95. The summed E-state index contributed by atoms with van der Waals surface area (Å²) in [7, 11) is 0. The largest absolute Gasteiger partial charge is 0.454 e. The van der Waals surface area contributed by atoms with Crippen LogP contribution in [-0.4, -0.2) is 47.8 Å². The first-order valence-corrected chi connectivity index (χ1v) is 14.0. The van der Waals surface area contributed by atoms with Crippen LogP contribution in [0.4, 0.5) is 23.4 Å². The van der Waals surface area contributed by atoms with Crippen LogP contribution in [-0.2, 0) is 28.6 Å². The number of carbonyl (C=O) groups is 2. The molecule has 1 atom stereocenters. The number of hydrogen-bond acceptors (Lipinski definition) is 6. The Morgan fingerprint density at radius 2 is 1.79 bits per heavy atom. The van der Waals surface area contributed by atoms with Crippen molar-refractivity contribution in [1.29, 1.82) is 0 Å². The molecule has 2 fully saturated rings. The summed E-state index contributed by atoms with van der Waals surface area (Å²) in [4.78, 5) is 31.1. The molecule has 1 saturated heterocycles. The van der Waals surface area contributed by atoms with Crippen molar-refractivity contribution < 1.29 is 31.9 Å². The number of ether oxygens (including phenoxy) is 1. The van der Waals surface area contributed by atoms with E-state index < -0.39 is 17.6 Å². The quantitative estimate of drug-likeness (QED) is 0.298. The summed E-state index contributed by atoms with van der Waals surface area (Å²) in [6.07, 6.45) is -1.78. The lowest BCUT2D eigenvalue weighted by Crippen LogP contribution is -2.44. The number of carbonyl (C=O) groups excluding carboxylic acids is 2. The number of nitrogens with zero attached hydrogens (tertiary/aromatic N) is 2. The molecule has 1 aliphatic carbocycles. The van der Waals surface area contributed by atoms with Gasteiger partial charge in [0.15, 0.2) is 11.6 Å². The number of aromatic nitrogens is 1. The highest BCUT2D eigenvalue weighted by atomic mass is 19.4. The maximum Gasteiger partial charge on any atom is 0.416 e. The fraction of sp³-hybridized carbons (Fsp3) is 0.387. The van der Waals surface area contributed by atoms with E-state index in [1.807, 2.05) is 6.92 Å². The van der Waals surface area contributed by atoms with Crippen molar-refractivity contribution in [1.82, 2.24) is 15.2 Å². The smallest absolute Gasteiger partial charge is 0.416 e. The average Bonchev–Trinajstić information content (AvgIpc) is 3.80. The molecular formula is C31H32F4N4O3. The van der Waals surface area contributed by atoms with Gasteiger partial charge in [0.2, 0.25) is 5.91 Å². The summed E-state index contributed by atoms with van der Waals surface area (Å²) in [5.74, 6) is -0.668. The molecule has 0 radical (unpaired) electrons. The number of piperazine rings is 1. The molecule has 2 heterocycles. The van der Waals surface area contributed by atoms with Gasteiger partial charge in [-0.3, -0.25) is 14.5 Å². The number of rotatable bonds is 10. The highest BCUT2D eigenvalue weighted by Gasteiger charge is 2.32. The minimum absolute atomic E-state index is 0.000548. The van der Waals surface area contributed by atoms with Gasteiger partial charge in [0, 0.05) is 63.2 Å². The maximum atomic E-state index is 14.9. The van der Waals surface area contributed by atoms with Crippen LogP contribution >= 0.6 is 0 Å². The van der Waals surface area contributed by atoms with E-state index in [1.54, 1.807) is 6.07 Å². The van der Waals surface area contributed by atoms with Gasteiger partial charge in [-0.1, -0.05) is 12.1 Å². The fourth-order valence-corrected chi connectivity index (χ4v) is 5.00. The Morgan fingerprint density at radius 3 is 2.48 bits per heavy atom. The van der Waals surface area contributed by atoms with E-state index in [-0.39, 0.29) is 53.6 Å². The lowest BCUT2D eigenvalue weighted by molar-refractivity contribution is -0.137. The van der Waals surface area contributed by atoms with Gasteiger partial charge >= 0.3 is 6.18 Å². The fourth-order valence-electron chi connectivity index (χ4n) is 5.00. The molecule has 3 aromatic rings. The molecule has 0 bridgehead atoms. The maximum absolute atomic E-state index is 14.9. The van der Waals surface area contributed by atoms with E-state index in [1.165, 1.54) is 36.5 Å². The molecule has 42 heavy (non-hydrogen) atoms. The molecule has 1 unspecified atom stereocenters. The molecule has 2 N–H and O–H groups in total. The van der Waals surface area contributed by atoms with E-state index in [2.05, 4.69) is 20.5 Å². The summed E-state index contributed by atoms with van der Waals surface area (Å²) >= 11 is 0. The minimum atomic E-state index is -4.55. The zero-order valence-corrected chi connectivity index (χ0v) is 23.1. The summed E-state index contributed by atoms with van der Waals surface area (Å²) in [5.41, 5.74) is 0.366. The van der Waals surface area contributed by atoms with Crippen LogP contribution < -0.4 is 15.4 Å². The van der Waals surface area contributed by atoms with Gasteiger partial charge in [-0.2, -0.15) is 13.2 Å². The van der Waals surface area contributed by atoms with Crippen LogP contribution in [0.1, 0.15) is 48.1 Å². The predicted molar refractivity (Wildman–Crippen MR) is 149 cm³/mol. The SMILES string of the molecule is CC(c1cc(CC(=O)Cc2ccc(Oc3ccnc(NC(=O)C4CC4)c3)c(F)c2)cc(C(F)(F)F)c1)N1CCNCC1. The number of pyridine rings is 1. The first-order chi connectivity index (χ1) is 20.0. The monoisotopic (exact) mass is 584 g/mol. The number of hydrogen-bond donors (Lipinski definition) is 2. The van der Waals surface area contributed by atoms with Crippen molar-refractivity contribution in [3.05, 3.63) is 82.8 Å². The molecule has 11 heteroatoms. The average molecular weight is 585 g/mol. The van der Waals surface area contributed by atoms with Gasteiger partial charge in [0.1, 0.15) is 17.4 Å². The lowest BCUT2D eigenvalue weighted by Gasteiger charge is -2.33. The second kappa shape index (κ2) is 12.6. The van der Waals surface area contributed by atoms with Gasteiger partial charge < -0.3 is 15.4 Å². The van der Waals surface area contributed by atoms with Crippen molar-refractivity contribution in [3.63, 3.8) is 0 Å². The summed E-state index contributed by atoms with van der Waals surface area (Å²) in [6, 6.07) is 10.7. The summed E-state index contributed by atoms with van der Waals surface area (Å²) in [5, 5.41) is 5.94. The third-order valence-electron chi connectivity index (χ3n) is 7.48. The number of ketones is 1. The van der Waals surface area contributed by atoms with Crippen LogP contribution in [0.2, 0.25) is 0 Å². The molecule has 2 aliphatic rings. The topological polar surface area (TPSA) is 83.6 Å². The van der Waals surface area contributed by atoms with E-state index in [0.717, 1.165) is 51.2 Å². The van der Waals surface area contributed by atoms with E-state index in [0.29, 0.717) is 16.9 Å². The normalized spacial score (nSPS) is 16.6. The summed E-state index contributed by atoms with van der Waals surface area (Å²) < 4.78 is 61.6. The van der Waals surface area contributed by atoms with E-state index in [9.17, 15) is 27.2 Å². The number of nitrogens with one attached hydrogen (secondary N) is 2. The van der Waals surface area contributed by atoms with Crippen LogP contribution in [0.5, 0.6) is 11.5 Å². The Bertz CT molecular complexity index is 1450. The second-order valence-electron chi connectivity index (χ2n) is 10.8. The van der Waals surface area contributed by atoms with Crippen molar-refractivity contribution >= 4 is 17.5 Å². The number of benzene rings is 2. The molecule has 5 rings (SSSR count). The van der Waals surface area contributed by atoms with Crippen molar-refractivity contribution in [2.75, 3.05) is 31.5 Å². The number of Topliss-reactive ketones (excluding diaryl/α,β-unsaturated/α-hetero) is 1. The molecule has 1 saturated carbocycles. The van der Waals surface area contributed by atoms with Crippen LogP contribution in [0.3, 0.4) is 0 Å². The predicted octanol–water partition coefficient (Wildman–Crippen LogP) is 5.70. The Labute approximate surface area is 241 Å². The Balaban J connectivity index is 1.24. The van der Waals surface area contributed by atoms with Gasteiger partial charge in [-0.05, 0) is 66.8 Å². The van der Waals surface area contributed by atoms with Crippen LogP contribution in [0.25, 0.3) is 0 Å². The third-order valence-corrected chi connectivity index (χ3v) is 7.48. The standard InChI is InChI=1S/C31H32F4N4O3/c1-19(39-10-8-36-9-11-39)23-12-21(13-24(17-23)31(33,34)35)15-25(40)14-20-2-5-28(27(32)16-20)42-26-6-7-37-29(18-26)38-30(41)22-3-4-22/h2,5-7,12-13,16-19,22,36H,3-4,8-11,14-15H2,1H3,(H,37,38,41). The highest BCUT2D eigenvalue weighted by molar-refractivity contribution is 5.93. The van der Waals surface area contributed by atoms with Gasteiger partial charge in [-0.15, -0.1) is 0 Å². The second-order valence-corrected chi connectivity index (χ2v) is 10.8. The van der Waals surface area contributed by atoms with Gasteiger partial charge in [0.25, 0.3) is 0 Å². The Kier molecular flexibility index (Phi) is 8.88. The van der Waals surface area contributed by atoms with Gasteiger partial charge in [-0.25, -0.2) is 9.37 Å². The Morgan fingerprint density at radius 1 is 1.05 bits per heavy atom. The molecule has 2 aromatic carbocycles.